The molecule has 0 N–H and O–H groups in total. The fourth-order valence-electron chi connectivity index (χ4n) is 1.72. The van der Waals surface area contributed by atoms with E-state index in [-0.39, 0.29) is 0 Å². The zero-order chi connectivity index (χ0) is 13.7. The van der Waals surface area contributed by atoms with Crippen molar-refractivity contribution in [2.45, 2.75) is 12.5 Å². The fourth-order valence-corrected chi connectivity index (χ4v) is 2.48. The van der Waals surface area contributed by atoms with Crippen LogP contribution in [0.15, 0.2) is 46.9 Å². The van der Waals surface area contributed by atoms with Crippen LogP contribution in [0, 0.1) is 0 Å². The van der Waals surface area contributed by atoms with Crippen molar-refractivity contribution in [2.24, 2.45) is 0 Å². The highest BCUT2D eigenvalue weighted by atomic mass is 79.9. The maximum absolute atomic E-state index is 5.84. The molecule has 0 fully saturated rings. The minimum absolute atomic E-state index is 0.438. The van der Waals surface area contributed by atoms with Crippen LogP contribution in [-0.2, 0) is 12.5 Å². The van der Waals surface area contributed by atoms with Crippen LogP contribution in [0.2, 0.25) is 0 Å². The van der Waals surface area contributed by atoms with E-state index in [2.05, 4.69) is 15.9 Å². The van der Waals surface area contributed by atoms with Crippen molar-refractivity contribution >= 4 is 27.5 Å². The highest BCUT2D eigenvalue weighted by molar-refractivity contribution is 9.10. The van der Waals surface area contributed by atoms with Crippen LogP contribution in [0.1, 0.15) is 11.1 Å². The summed E-state index contributed by atoms with van der Waals surface area (Å²) in [6, 6.07) is 13.8. The minimum atomic E-state index is 0.438. The van der Waals surface area contributed by atoms with Gasteiger partial charge in [0, 0.05) is 5.88 Å². The van der Waals surface area contributed by atoms with Gasteiger partial charge in [0.15, 0.2) is 11.5 Å². The van der Waals surface area contributed by atoms with E-state index in [0.717, 1.165) is 15.6 Å². The van der Waals surface area contributed by atoms with Crippen LogP contribution >= 0.6 is 27.5 Å². The first kappa shape index (κ1) is 14.2. The van der Waals surface area contributed by atoms with Gasteiger partial charge in [-0.2, -0.15) is 0 Å². The summed E-state index contributed by atoms with van der Waals surface area (Å²) in [5.41, 5.74) is 2.09. The van der Waals surface area contributed by atoms with Crippen LogP contribution in [-0.4, -0.2) is 7.11 Å². The van der Waals surface area contributed by atoms with Gasteiger partial charge < -0.3 is 9.47 Å². The van der Waals surface area contributed by atoms with E-state index in [0.29, 0.717) is 24.0 Å². The number of alkyl halides is 1. The van der Waals surface area contributed by atoms with Gasteiger partial charge in [0.05, 0.1) is 11.6 Å². The van der Waals surface area contributed by atoms with E-state index in [9.17, 15) is 0 Å². The lowest BCUT2D eigenvalue weighted by molar-refractivity contribution is 0.282. The molecule has 0 amide bonds. The van der Waals surface area contributed by atoms with Gasteiger partial charge in [-0.3, -0.25) is 0 Å². The quantitative estimate of drug-likeness (QED) is 0.729. The molecular formula is C15H14BrClO2. The lowest BCUT2D eigenvalue weighted by Crippen LogP contribution is -1.99. The first-order chi connectivity index (χ1) is 9.24. The third-order valence-corrected chi connectivity index (χ3v) is 3.57. The summed E-state index contributed by atoms with van der Waals surface area (Å²) in [6.07, 6.45) is 0. The van der Waals surface area contributed by atoms with Gasteiger partial charge >= 0.3 is 0 Å². The molecule has 19 heavy (non-hydrogen) atoms. The van der Waals surface area contributed by atoms with E-state index < -0.39 is 0 Å². The molecule has 2 nitrogen and oxygen atoms in total. The topological polar surface area (TPSA) is 18.5 Å². The summed E-state index contributed by atoms with van der Waals surface area (Å²) < 4.78 is 12.0. The lowest BCUT2D eigenvalue weighted by Gasteiger charge is -2.13. The van der Waals surface area contributed by atoms with Crippen LogP contribution in [0.5, 0.6) is 11.5 Å². The summed E-state index contributed by atoms with van der Waals surface area (Å²) in [5.74, 6) is 1.81. The number of methoxy groups -OCH3 is 1. The molecule has 0 radical (unpaired) electrons. The Kier molecular flexibility index (Phi) is 5.11. The molecule has 2 aromatic rings. The van der Waals surface area contributed by atoms with Gasteiger partial charge in [0.1, 0.15) is 6.61 Å². The summed E-state index contributed by atoms with van der Waals surface area (Å²) >= 11 is 9.33. The number of benzene rings is 2. The Morgan fingerprint density at radius 2 is 1.84 bits per heavy atom. The smallest absolute Gasteiger partial charge is 0.175 e. The molecular weight excluding hydrogens is 328 g/mol. The van der Waals surface area contributed by atoms with Crippen molar-refractivity contribution < 1.29 is 9.47 Å². The van der Waals surface area contributed by atoms with Gasteiger partial charge in [-0.05, 0) is 39.2 Å². The van der Waals surface area contributed by atoms with Gasteiger partial charge in [-0.1, -0.05) is 30.3 Å². The molecule has 0 saturated carbocycles. The summed E-state index contributed by atoms with van der Waals surface area (Å²) in [5, 5.41) is 0. The molecule has 0 saturated heterocycles. The zero-order valence-electron chi connectivity index (χ0n) is 10.5. The lowest BCUT2D eigenvalue weighted by atomic mass is 10.2. The van der Waals surface area contributed by atoms with Crippen molar-refractivity contribution in [2.75, 3.05) is 7.11 Å². The second kappa shape index (κ2) is 6.83. The fraction of sp³-hybridized carbons (Fsp3) is 0.200. The standard InChI is InChI=1S/C15H14BrClO2/c1-18-14-8-12(9-17)7-13(16)15(14)19-10-11-5-3-2-4-6-11/h2-8H,9-10H2,1H3. The molecule has 4 heteroatoms. The van der Waals surface area contributed by atoms with Crippen molar-refractivity contribution in [3.63, 3.8) is 0 Å². The summed E-state index contributed by atoms with van der Waals surface area (Å²) in [6.45, 7) is 0.496. The normalized spacial score (nSPS) is 10.3. The summed E-state index contributed by atoms with van der Waals surface area (Å²) in [4.78, 5) is 0. The second-order valence-corrected chi connectivity index (χ2v) is 5.14. The molecule has 0 aliphatic rings. The second-order valence-electron chi connectivity index (χ2n) is 4.02. The summed E-state index contributed by atoms with van der Waals surface area (Å²) in [7, 11) is 1.62. The molecule has 0 unspecified atom stereocenters. The van der Waals surface area contributed by atoms with E-state index in [1.165, 1.54) is 0 Å². The Morgan fingerprint density at radius 3 is 2.47 bits per heavy atom. The highest BCUT2D eigenvalue weighted by Gasteiger charge is 2.11. The number of halogens is 2. The van der Waals surface area contributed by atoms with E-state index >= 15 is 0 Å². The monoisotopic (exact) mass is 340 g/mol. The molecule has 0 bridgehead atoms. The zero-order valence-corrected chi connectivity index (χ0v) is 12.9. The molecule has 0 spiro atoms. The molecule has 0 aromatic heterocycles. The molecule has 0 aliphatic carbocycles. The largest absolute Gasteiger partial charge is 0.493 e. The van der Waals surface area contributed by atoms with E-state index in [1.54, 1.807) is 7.11 Å². The number of rotatable bonds is 5. The van der Waals surface area contributed by atoms with Crippen molar-refractivity contribution in [3.8, 4) is 11.5 Å². The van der Waals surface area contributed by atoms with Crippen LogP contribution < -0.4 is 9.47 Å². The SMILES string of the molecule is COc1cc(CCl)cc(Br)c1OCc1ccccc1. The first-order valence-electron chi connectivity index (χ1n) is 5.83. The third-order valence-electron chi connectivity index (χ3n) is 2.67. The molecule has 100 valence electrons. The van der Waals surface area contributed by atoms with Crippen molar-refractivity contribution in [1.29, 1.82) is 0 Å². The van der Waals surface area contributed by atoms with Crippen molar-refractivity contribution in [1.82, 2.24) is 0 Å². The molecule has 2 rings (SSSR count). The molecule has 0 heterocycles. The number of ether oxygens (including phenoxy) is 2. The number of hydrogen-bond acceptors (Lipinski definition) is 2. The van der Waals surface area contributed by atoms with Gasteiger partial charge in [-0.15, -0.1) is 11.6 Å². The Bertz CT molecular complexity index is 543. The molecule has 0 aliphatic heterocycles. The first-order valence-corrected chi connectivity index (χ1v) is 7.16. The van der Waals surface area contributed by atoms with Gasteiger partial charge in [0.25, 0.3) is 0 Å². The van der Waals surface area contributed by atoms with E-state index in [1.807, 2.05) is 42.5 Å². The average Bonchev–Trinajstić information content (AvgIpc) is 2.46. The minimum Gasteiger partial charge on any atom is -0.493 e. The third kappa shape index (κ3) is 3.64. The molecule has 2 aromatic carbocycles. The van der Waals surface area contributed by atoms with E-state index in [4.69, 9.17) is 21.1 Å². The van der Waals surface area contributed by atoms with Gasteiger partial charge in [-0.25, -0.2) is 0 Å². The number of hydrogen-bond donors (Lipinski definition) is 0. The predicted octanol–water partition coefficient (Wildman–Crippen LogP) is 4.78. The van der Waals surface area contributed by atoms with Crippen LogP contribution in [0.25, 0.3) is 0 Å². The highest BCUT2D eigenvalue weighted by Crippen LogP contribution is 2.37. The Hall–Kier alpha value is -1.19. The molecule has 0 atom stereocenters. The van der Waals surface area contributed by atoms with Crippen LogP contribution in [0.4, 0.5) is 0 Å². The predicted molar refractivity (Wildman–Crippen MR) is 81.0 cm³/mol. The maximum atomic E-state index is 5.84. The average molecular weight is 342 g/mol. The maximum Gasteiger partial charge on any atom is 0.175 e. The Balaban J connectivity index is 2.20. The van der Waals surface area contributed by atoms with Crippen LogP contribution in [0.3, 0.4) is 0 Å². The van der Waals surface area contributed by atoms with Crippen molar-refractivity contribution in [3.05, 3.63) is 58.1 Å². The Morgan fingerprint density at radius 1 is 1.11 bits per heavy atom. The van der Waals surface area contributed by atoms with Gasteiger partial charge in [0.2, 0.25) is 0 Å². The Labute approximate surface area is 126 Å².